The molecule has 2 N–H and O–H groups in total. The fraction of sp³-hybridized carbons (Fsp3) is 0.500. The average molecular weight is 273 g/mol. The Hall–Kier alpha value is -0.820. The van der Waals surface area contributed by atoms with Crippen molar-refractivity contribution in [1.82, 2.24) is 0 Å². The standard InChI is InChI=1S/C8H10Cl2O6/c9-5(7(13)15-3-1-11)6(10)8(14)16-4-2-12/h11-12H,1-4H2/b6-5-. The SMILES string of the molecule is O=C(OCCO)/C(Cl)=C(/Cl)C(=O)OCCO. The Labute approximate surface area is 101 Å². The van der Waals surface area contributed by atoms with Crippen molar-refractivity contribution in [2.75, 3.05) is 26.4 Å². The minimum atomic E-state index is -1.04. The molecule has 16 heavy (non-hydrogen) atoms. The van der Waals surface area contributed by atoms with Crippen LogP contribution in [0.3, 0.4) is 0 Å². The van der Waals surface area contributed by atoms with Crippen LogP contribution in [0.15, 0.2) is 10.1 Å². The molecule has 0 aromatic rings. The highest BCUT2D eigenvalue weighted by Gasteiger charge is 2.20. The number of halogens is 2. The third-order valence-corrected chi connectivity index (χ3v) is 1.98. The smallest absolute Gasteiger partial charge is 0.351 e. The molecule has 0 aromatic heterocycles. The molecule has 6 nitrogen and oxygen atoms in total. The molecule has 8 heteroatoms. The summed E-state index contributed by atoms with van der Waals surface area (Å²) in [6.07, 6.45) is 0. The average Bonchev–Trinajstić information content (AvgIpc) is 2.30. The van der Waals surface area contributed by atoms with Gasteiger partial charge in [0.15, 0.2) is 10.1 Å². The van der Waals surface area contributed by atoms with Gasteiger partial charge in [0.05, 0.1) is 13.2 Å². The van der Waals surface area contributed by atoms with E-state index in [-0.39, 0.29) is 26.4 Å². The van der Waals surface area contributed by atoms with Gasteiger partial charge < -0.3 is 19.7 Å². The first kappa shape index (κ1) is 15.2. The Morgan fingerprint density at radius 3 is 1.44 bits per heavy atom. The highest BCUT2D eigenvalue weighted by atomic mass is 35.5. The lowest BCUT2D eigenvalue weighted by atomic mass is 10.5. The van der Waals surface area contributed by atoms with Gasteiger partial charge in [-0.2, -0.15) is 0 Å². The van der Waals surface area contributed by atoms with Crippen molar-refractivity contribution in [1.29, 1.82) is 0 Å². The predicted molar refractivity (Wildman–Crippen MR) is 54.8 cm³/mol. The molecule has 0 unspecified atom stereocenters. The van der Waals surface area contributed by atoms with Crippen LogP contribution in [-0.2, 0) is 19.1 Å². The number of hydrogen-bond acceptors (Lipinski definition) is 6. The summed E-state index contributed by atoms with van der Waals surface area (Å²) >= 11 is 10.8. The minimum absolute atomic E-state index is 0.259. The first-order valence-corrected chi connectivity index (χ1v) is 4.91. The van der Waals surface area contributed by atoms with Crippen molar-refractivity contribution in [2.24, 2.45) is 0 Å². The number of carbonyl (C=O) groups is 2. The largest absolute Gasteiger partial charge is 0.459 e. The zero-order valence-corrected chi connectivity index (χ0v) is 9.62. The van der Waals surface area contributed by atoms with Gasteiger partial charge in [-0.15, -0.1) is 0 Å². The van der Waals surface area contributed by atoms with Crippen LogP contribution in [0, 0.1) is 0 Å². The van der Waals surface area contributed by atoms with E-state index >= 15 is 0 Å². The lowest BCUT2D eigenvalue weighted by molar-refractivity contribution is -0.142. The number of ether oxygens (including phenoxy) is 2. The minimum Gasteiger partial charge on any atom is -0.459 e. The van der Waals surface area contributed by atoms with Gasteiger partial charge in [-0.1, -0.05) is 23.2 Å². The van der Waals surface area contributed by atoms with Gasteiger partial charge in [0, 0.05) is 0 Å². The molecule has 0 bridgehead atoms. The molecular formula is C8H10Cl2O6. The van der Waals surface area contributed by atoms with E-state index in [9.17, 15) is 9.59 Å². The zero-order valence-electron chi connectivity index (χ0n) is 8.11. The van der Waals surface area contributed by atoms with Crippen LogP contribution in [0.5, 0.6) is 0 Å². The molecule has 0 atom stereocenters. The van der Waals surface area contributed by atoms with Crippen molar-refractivity contribution in [3.8, 4) is 0 Å². The summed E-state index contributed by atoms with van der Waals surface area (Å²) in [7, 11) is 0. The molecule has 0 aliphatic rings. The van der Waals surface area contributed by atoms with Crippen molar-refractivity contribution in [3.05, 3.63) is 10.1 Å². The van der Waals surface area contributed by atoms with Crippen LogP contribution in [0.1, 0.15) is 0 Å². The Kier molecular flexibility index (Phi) is 7.92. The zero-order chi connectivity index (χ0) is 12.6. The van der Waals surface area contributed by atoms with Crippen molar-refractivity contribution in [2.45, 2.75) is 0 Å². The van der Waals surface area contributed by atoms with E-state index in [1.807, 2.05) is 0 Å². The second-order valence-electron chi connectivity index (χ2n) is 2.35. The fourth-order valence-electron chi connectivity index (χ4n) is 0.583. The lowest BCUT2D eigenvalue weighted by Gasteiger charge is -2.04. The molecule has 0 heterocycles. The topological polar surface area (TPSA) is 93.1 Å². The summed E-state index contributed by atoms with van der Waals surface area (Å²) in [6, 6.07) is 0. The molecule has 0 saturated heterocycles. The molecule has 0 spiro atoms. The molecule has 92 valence electrons. The van der Waals surface area contributed by atoms with E-state index in [2.05, 4.69) is 9.47 Å². The molecule has 0 radical (unpaired) electrons. The van der Waals surface area contributed by atoms with Crippen molar-refractivity contribution in [3.63, 3.8) is 0 Å². The predicted octanol–water partition coefficient (Wildman–Crippen LogP) is -0.253. The number of aliphatic hydroxyl groups excluding tert-OH is 2. The van der Waals surface area contributed by atoms with Crippen LogP contribution in [0.2, 0.25) is 0 Å². The molecule has 0 aliphatic heterocycles. The van der Waals surface area contributed by atoms with Gasteiger partial charge in [0.2, 0.25) is 0 Å². The van der Waals surface area contributed by atoms with Gasteiger partial charge in [-0.25, -0.2) is 9.59 Å². The third-order valence-electron chi connectivity index (χ3n) is 1.20. The van der Waals surface area contributed by atoms with E-state index < -0.39 is 22.0 Å². The Balaban J connectivity index is 4.43. The third kappa shape index (κ3) is 5.32. The molecule has 0 aliphatic carbocycles. The Morgan fingerprint density at radius 1 is 0.875 bits per heavy atom. The van der Waals surface area contributed by atoms with Crippen LogP contribution < -0.4 is 0 Å². The van der Waals surface area contributed by atoms with Gasteiger partial charge in [-0.3, -0.25) is 0 Å². The number of hydrogen-bond donors (Lipinski definition) is 2. The number of aliphatic hydroxyl groups is 2. The molecule has 0 rings (SSSR count). The maximum atomic E-state index is 11.1. The van der Waals surface area contributed by atoms with Crippen LogP contribution in [-0.4, -0.2) is 48.6 Å². The maximum Gasteiger partial charge on any atom is 0.351 e. The Morgan fingerprint density at radius 2 is 1.19 bits per heavy atom. The van der Waals surface area contributed by atoms with Crippen LogP contribution in [0.25, 0.3) is 0 Å². The Bertz CT molecular complexity index is 260. The summed E-state index contributed by atoms with van der Waals surface area (Å²) in [5.41, 5.74) is 0. The lowest BCUT2D eigenvalue weighted by Crippen LogP contribution is -2.14. The summed E-state index contributed by atoms with van der Waals surface area (Å²) in [5, 5.41) is 15.5. The highest BCUT2D eigenvalue weighted by molar-refractivity contribution is 6.53. The van der Waals surface area contributed by atoms with Gasteiger partial charge in [-0.05, 0) is 0 Å². The summed E-state index contributed by atoms with van der Waals surface area (Å²) in [5.74, 6) is -2.08. The number of rotatable bonds is 6. The monoisotopic (exact) mass is 272 g/mol. The molecule has 0 aromatic carbocycles. The molecule has 0 amide bonds. The van der Waals surface area contributed by atoms with Gasteiger partial charge >= 0.3 is 11.9 Å². The first-order chi connectivity index (χ1) is 7.54. The highest BCUT2D eigenvalue weighted by Crippen LogP contribution is 2.16. The molecule has 0 saturated carbocycles. The van der Waals surface area contributed by atoms with E-state index in [1.54, 1.807) is 0 Å². The first-order valence-electron chi connectivity index (χ1n) is 4.15. The van der Waals surface area contributed by atoms with E-state index in [0.717, 1.165) is 0 Å². The fourth-order valence-corrected chi connectivity index (χ4v) is 0.846. The summed E-state index contributed by atoms with van der Waals surface area (Å²) in [4.78, 5) is 22.1. The van der Waals surface area contributed by atoms with E-state index in [1.165, 1.54) is 0 Å². The van der Waals surface area contributed by atoms with Crippen molar-refractivity contribution >= 4 is 35.1 Å². The van der Waals surface area contributed by atoms with Gasteiger partial charge in [0.25, 0.3) is 0 Å². The molecular weight excluding hydrogens is 263 g/mol. The van der Waals surface area contributed by atoms with Gasteiger partial charge in [0.1, 0.15) is 13.2 Å². The summed E-state index contributed by atoms with van der Waals surface area (Å²) < 4.78 is 8.82. The van der Waals surface area contributed by atoms with Crippen molar-refractivity contribution < 1.29 is 29.3 Å². The van der Waals surface area contributed by atoms with E-state index in [4.69, 9.17) is 33.4 Å². The van der Waals surface area contributed by atoms with Crippen LogP contribution in [0.4, 0.5) is 0 Å². The summed E-state index contributed by atoms with van der Waals surface area (Å²) in [6.45, 7) is -1.26. The molecule has 0 fully saturated rings. The second-order valence-corrected chi connectivity index (χ2v) is 3.10. The second kappa shape index (κ2) is 8.35. The van der Waals surface area contributed by atoms with Crippen LogP contribution >= 0.6 is 23.2 Å². The quantitative estimate of drug-likeness (QED) is 0.512. The number of carbonyl (C=O) groups excluding carboxylic acids is 2. The maximum absolute atomic E-state index is 11.1. The number of esters is 2. The van der Waals surface area contributed by atoms with E-state index in [0.29, 0.717) is 0 Å². The normalized spacial score (nSPS) is 11.8.